The summed E-state index contributed by atoms with van der Waals surface area (Å²) in [6, 6.07) is 14.1. The van der Waals surface area contributed by atoms with Crippen LogP contribution in [0.1, 0.15) is 35.7 Å². The zero-order valence-corrected chi connectivity index (χ0v) is 16.1. The molecule has 2 aromatic rings. The first-order valence-corrected chi connectivity index (χ1v) is 9.44. The number of carbonyl (C=O) groups is 2. The Balaban J connectivity index is 1.49. The number of nitrogens with one attached hydrogen (secondary N) is 1. The van der Waals surface area contributed by atoms with E-state index in [0.29, 0.717) is 23.6 Å². The van der Waals surface area contributed by atoms with Gasteiger partial charge in [0.25, 0.3) is 5.91 Å². The number of hydrogen-bond acceptors (Lipinski definition) is 5. The van der Waals surface area contributed by atoms with Gasteiger partial charge in [-0.15, -0.1) is 0 Å². The average Bonchev–Trinajstić information content (AvgIpc) is 3.20. The van der Waals surface area contributed by atoms with E-state index in [4.69, 9.17) is 14.2 Å². The predicted octanol–water partition coefficient (Wildman–Crippen LogP) is 3.74. The van der Waals surface area contributed by atoms with Crippen LogP contribution < -0.4 is 10.1 Å². The minimum absolute atomic E-state index is 0.136. The van der Waals surface area contributed by atoms with Crippen molar-refractivity contribution in [1.29, 1.82) is 0 Å². The van der Waals surface area contributed by atoms with E-state index >= 15 is 0 Å². The highest BCUT2D eigenvalue weighted by atomic mass is 16.5. The first kappa shape index (κ1) is 19.9. The number of anilines is 1. The van der Waals surface area contributed by atoms with Gasteiger partial charge in [-0.1, -0.05) is 12.1 Å². The lowest BCUT2D eigenvalue weighted by molar-refractivity contribution is -0.123. The van der Waals surface area contributed by atoms with Crippen LogP contribution in [0.15, 0.2) is 48.5 Å². The van der Waals surface area contributed by atoms with Crippen molar-refractivity contribution in [3.05, 3.63) is 59.7 Å². The Labute approximate surface area is 164 Å². The van der Waals surface area contributed by atoms with Gasteiger partial charge in [0.15, 0.2) is 6.10 Å². The normalized spacial score (nSPS) is 17.0. The lowest BCUT2D eigenvalue weighted by Crippen LogP contribution is -2.30. The maximum Gasteiger partial charge on any atom is 0.338 e. The van der Waals surface area contributed by atoms with Crippen molar-refractivity contribution in [2.75, 3.05) is 18.5 Å². The number of benzene rings is 2. The summed E-state index contributed by atoms with van der Waals surface area (Å²) in [6.45, 7) is 4.77. The summed E-state index contributed by atoms with van der Waals surface area (Å²) in [5.74, 6) is -0.273. The highest BCUT2D eigenvalue weighted by molar-refractivity contribution is 5.97. The minimum atomic E-state index is -0.913. The van der Waals surface area contributed by atoms with E-state index < -0.39 is 12.1 Å². The van der Waals surface area contributed by atoms with E-state index in [9.17, 15) is 9.59 Å². The van der Waals surface area contributed by atoms with Crippen molar-refractivity contribution in [1.82, 2.24) is 0 Å². The Kier molecular flexibility index (Phi) is 6.66. The molecule has 1 amide bonds. The van der Waals surface area contributed by atoms with Crippen LogP contribution in [-0.4, -0.2) is 37.3 Å². The molecule has 0 bridgehead atoms. The summed E-state index contributed by atoms with van der Waals surface area (Å²) in [5.41, 5.74) is 2.06. The Bertz CT molecular complexity index is 812. The van der Waals surface area contributed by atoms with Crippen LogP contribution in [0, 0.1) is 6.92 Å². The molecule has 6 nitrogen and oxygen atoms in total. The molecule has 28 heavy (non-hydrogen) atoms. The van der Waals surface area contributed by atoms with Crippen LogP contribution in [0.5, 0.6) is 5.75 Å². The molecule has 2 atom stereocenters. The molecule has 1 N–H and O–H groups in total. The molecule has 3 rings (SSSR count). The molecule has 1 heterocycles. The fraction of sp³-hybridized carbons (Fsp3) is 0.364. The van der Waals surface area contributed by atoms with E-state index in [1.807, 2.05) is 25.1 Å². The van der Waals surface area contributed by atoms with Gasteiger partial charge >= 0.3 is 5.97 Å². The summed E-state index contributed by atoms with van der Waals surface area (Å²) in [7, 11) is 0. The molecule has 1 fully saturated rings. The Morgan fingerprint density at radius 1 is 1.21 bits per heavy atom. The summed E-state index contributed by atoms with van der Waals surface area (Å²) >= 11 is 0. The van der Waals surface area contributed by atoms with Crippen molar-refractivity contribution in [3.63, 3.8) is 0 Å². The molecule has 148 valence electrons. The number of hydrogen-bond donors (Lipinski definition) is 1. The Morgan fingerprint density at radius 3 is 2.68 bits per heavy atom. The molecule has 0 radical (unpaired) electrons. The van der Waals surface area contributed by atoms with Crippen LogP contribution in [0.2, 0.25) is 0 Å². The van der Waals surface area contributed by atoms with E-state index in [1.54, 1.807) is 37.3 Å². The predicted molar refractivity (Wildman–Crippen MR) is 106 cm³/mol. The Morgan fingerprint density at radius 2 is 2.00 bits per heavy atom. The second-order valence-corrected chi connectivity index (χ2v) is 6.88. The SMILES string of the molecule is Cc1cccc(NC(=O)[C@@H](C)OC(=O)c2ccc(OC[C@@H]3CCCO3)cc2)c1. The molecule has 0 spiro atoms. The number of ether oxygens (including phenoxy) is 3. The first-order chi connectivity index (χ1) is 13.5. The molecular weight excluding hydrogens is 358 g/mol. The van der Waals surface area contributed by atoms with Crippen molar-refractivity contribution < 1.29 is 23.8 Å². The number of carbonyl (C=O) groups excluding carboxylic acids is 2. The maximum absolute atomic E-state index is 12.3. The van der Waals surface area contributed by atoms with Gasteiger partial charge < -0.3 is 19.5 Å². The molecule has 0 saturated carbocycles. The lowest BCUT2D eigenvalue weighted by atomic mass is 10.2. The van der Waals surface area contributed by atoms with Crippen LogP contribution in [-0.2, 0) is 14.3 Å². The maximum atomic E-state index is 12.3. The summed E-state index contributed by atoms with van der Waals surface area (Å²) in [6.07, 6.45) is 1.29. The van der Waals surface area contributed by atoms with E-state index in [2.05, 4.69) is 5.32 Å². The fourth-order valence-electron chi connectivity index (χ4n) is 2.90. The summed E-state index contributed by atoms with van der Waals surface area (Å²) in [4.78, 5) is 24.5. The second kappa shape index (κ2) is 9.37. The molecule has 0 aliphatic carbocycles. The van der Waals surface area contributed by atoms with Gasteiger partial charge in [-0.25, -0.2) is 4.79 Å². The van der Waals surface area contributed by atoms with Gasteiger partial charge in [-0.2, -0.15) is 0 Å². The highest BCUT2D eigenvalue weighted by Crippen LogP contribution is 2.17. The number of esters is 1. The minimum Gasteiger partial charge on any atom is -0.491 e. The second-order valence-electron chi connectivity index (χ2n) is 6.88. The van der Waals surface area contributed by atoms with Crippen molar-refractivity contribution in [2.24, 2.45) is 0 Å². The number of aryl methyl sites for hydroxylation is 1. The van der Waals surface area contributed by atoms with E-state index in [1.165, 1.54) is 0 Å². The topological polar surface area (TPSA) is 73.9 Å². The largest absolute Gasteiger partial charge is 0.491 e. The third-order valence-electron chi connectivity index (χ3n) is 4.49. The average molecular weight is 383 g/mol. The zero-order chi connectivity index (χ0) is 19.9. The van der Waals surface area contributed by atoms with Crippen LogP contribution in [0.4, 0.5) is 5.69 Å². The standard InChI is InChI=1S/C22H25NO5/c1-15-5-3-6-18(13-15)23-21(24)16(2)28-22(25)17-8-10-19(11-9-17)27-14-20-7-4-12-26-20/h3,5-6,8-11,13,16,20H,4,7,12,14H2,1-2H3,(H,23,24)/t16-,20+/m1/s1. The van der Waals surface area contributed by atoms with Gasteiger partial charge in [0.2, 0.25) is 0 Å². The smallest absolute Gasteiger partial charge is 0.338 e. The molecule has 1 aliphatic rings. The van der Waals surface area contributed by atoms with Gasteiger partial charge in [0.1, 0.15) is 12.4 Å². The molecule has 0 aromatic heterocycles. The number of rotatable bonds is 7. The van der Waals surface area contributed by atoms with Crippen molar-refractivity contribution >= 4 is 17.6 Å². The van der Waals surface area contributed by atoms with Gasteiger partial charge in [-0.05, 0) is 68.7 Å². The van der Waals surface area contributed by atoms with Gasteiger partial charge in [-0.3, -0.25) is 4.79 Å². The summed E-state index contributed by atoms with van der Waals surface area (Å²) in [5, 5.41) is 2.74. The third-order valence-corrected chi connectivity index (χ3v) is 4.49. The molecule has 1 aliphatic heterocycles. The van der Waals surface area contributed by atoms with E-state index in [-0.39, 0.29) is 12.0 Å². The molecule has 0 unspecified atom stereocenters. The molecule has 6 heteroatoms. The zero-order valence-electron chi connectivity index (χ0n) is 16.1. The third kappa shape index (κ3) is 5.57. The monoisotopic (exact) mass is 383 g/mol. The Hall–Kier alpha value is -2.86. The first-order valence-electron chi connectivity index (χ1n) is 9.44. The van der Waals surface area contributed by atoms with Crippen molar-refractivity contribution in [3.8, 4) is 5.75 Å². The van der Waals surface area contributed by atoms with Gasteiger partial charge in [0.05, 0.1) is 11.7 Å². The van der Waals surface area contributed by atoms with Crippen LogP contribution in [0.25, 0.3) is 0 Å². The molecule has 1 saturated heterocycles. The van der Waals surface area contributed by atoms with Gasteiger partial charge in [0, 0.05) is 12.3 Å². The summed E-state index contributed by atoms with van der Waals surface area (Å²) < 4.78 is 16.5. The lowest BCUT2D eigenvalue weighted by Gasteiger charge is -2.14. The highest BCUT2D eigenvalue weighted by Gasteiger charge is 2.20. The van der Waals surface area contributed by atoms with Crippen LogP contribution in [0.3, 0.4) is 0 Å². The quantitative estimate of drug-likeness (QED) is 0.738. The number of amides is 1. The van der Waals surface area contributed by atoms with E-state index in [0.717, 1.165) is 25.0 Å². The van der Waals surface area contributed by atoms with Crippen molar-refractivity contribution in [2.45, 2.75) is 38.9 Å². The molecule has 2 aromatic carbocycles. The molecular formula is C22H25NO5. The van der Waals surface area contributed by atoms with Crippen LogP contribution >= 0.6 is 0 Å². The fourth-order valence-corrected chi connectivity index (χ4v) is 2.90.